The van der Waals surface area contributed by atoms with E-state index in [2.05, 4.69) is 17.9 Å². The third-order valence-electron chi connectivity index (χ3n) is 3.50. The van der Waals surface area contributed by atoms with Crippen molar-refractivity contribution in [3.63, 3.8) is 0 Å². The number of rotatable bonds is 2. The lowest BCUT2D eigenvalue weighted by molar-refractivity contribution is 0.220. The number of hydrogen-bond donors (Lipinski definition) is 1. The third kappa shape index (κ3) is 2.56. The number of piperidine rings is 1. The van der Waals surface area contributed by atoms with Crippen molar-refractivity contribution < 1.29 is 5.11 Å². The second-order valence-corrected chi connectivity index (χ2v) is 4.90. The van der Waals surface area contributed by atoms with Gasteiger partial charge in [0.1, 0.15) is 5.75 Å². The third-order valence-corrected chi connectivity index (χ3v) is 3.50. The number of benzene rings is 1. The van der Waals surface area contributed by atoms with Crippen molar-refractivity contribution in [2.24, 2.45) is 0 Å². The molecule has 0 saturated carbocycles. The summed E-state index contributed by atoms with van der Waals surface area (Å²) in [5.74, 6) is 0.417. The number of phenolic OH excluding ortho intramolecular Hbond substituents is 1. The molecule has 0 aliphatic carbocycles. The fraction of sp³-hybridized carbons (Fsp3) is 0.571. The number of hydrogen-bond acceptors (Lipinski definition) is 2. The number of likely N-dealkylation sites (tertiary alicyclic amines) is 1. The van der Waals surface area contributed by atoms with Crippen LogP contribution in [0.4, 0.5) is 0 Å². The van der Waals surface area contributed by atoms with Gasteiger partial charge in [-0.2, -0.15) is 0 Å². The van der Waals surface area contributed by atoms with E-state index >= 15 is 0 Å². The molecule has 0 unspecified atom stereocenters. The molecular formula is C14H21NO. The Hall–Kier alpha value is -1.02. The maximum absolute atomic E-state index is 9.62. The highest BCUT2D eigenvalue weighted by atomic mass is 16.3. The van der Waals surface area contributed by atoms with E-state index in [4.69, 9.17) is 0 Å². The van der Waals surface area contributed by atoms with Crippen LogP contribution in [0, 0.1) is 13.8 Å². The van der Waals surface area contributed by atoms with E-state index in [9.17, 15) is 5.11 Å². The van der Waals surface area contributed by atoms with Crippen LogP contribution in [0.3, 0.4) is 0 Å². The lowest BCUT2D eigenvalue weighted by Crippen LogP contribution is -2.29. The van der Waals surface area contributed by atoms with Crippen molar-refractivity contribution in [1.29, 1.82) is 0 Å². The fourth-order valence-electron chi connectivity index (χ4n) is 2.39. The molecule has 2 rings (SSSR count). The van der Waals surface area contributed by atoms with Gasteiger partial charge in [0.25, 0.3) is 0 Å². The van der Waals surface area contributed by atoms with Gasteiger partial charge in [0.15, 0.2) is 0 Å². The summed E-state index contributed by atoms with van der Waals surface area (Å²) in [5, 5.41) is 9.62. The van der Waals surface area contributed by atoms with Crippen LogP contribution in [-0.2, 0) is 6.54 Å². The Balaban J connectivity index is 2.11. The molecule has 0 atom stereocenters. The van der Waals surface area contributed by atoms with Gasteiger partial charge in [0.05, 0.1) is 0 Å². The SMILES string of the molecule is Cc1cc(CN2CCCCC2)c(C)cc1O. The van der Waals surface area contributed by atoms with Gasteiger partial charge >= 0.3 is 0 Å². The van der Waals surface area contributed by atoms with Gasteiger partial charge in [-0.1, -0.05) is 12.5 Å². The van der Waals surface area contributed by atoms with Gasteiger partial charge in [-0.25, -0.2) is 0 Å². The van der Waals surface area contributed by atoms with E-state index < -0.39 is 0 Å². The summed E-state index contributed by atoms with van der Waals surface area (Å²) in [7, 11) is 0. The number of phenols is 1. The van der Waals surface area contributed by atoms with E-state index in [1.165, 1.54) is 43.5 Å². The molecular weight excluding hydrogens is 198 g/mol. The molecule has 1 heterocycles. The molecule has 1 aliphatic rings. The smallest absolute Gasteiger partial charge is 0.118 e. The zero-order chi connectivity index (χ0) is 11.5. The van der Waals surface area contributed by atoms with Crippen LogP contribution < -0.4 is 0 Å². The summed E-state index contributed by atoms with van der Waals surface area (Å²) in [6, 6.07) is 4.01. The molecule has 2 nitrogen and oxygen atoms in total. The van der Waals surface area contributed by atoms with E-state index in [0.717, 1.165) is 12.1 Å². The van der Waals surface area contributed by atoms with Crippen molar-refractivity contribution in [3.8, 4) is 5.75 Å². The van der Waals surface area contributed by atoms with Crippen LogP contribution >= 0.6 is 0 Å². The predicted octanol–water partition coefficient (Wildman–Crippen LogP) is 2.99. The lowest BCUT2D eigenvalue weighted by Gasteiger charge is -2.27. The quantitative estimate of drug-likeness (QED) is 0.826. The van der Waals surface area contributed by atoms with Crippen LogP contribution in [0.1, 0.15) is 36.0 Å². The molecule has 88 valence electrons. The van der Waals surface area contributed by atoms with Crippen LogP contribution in [0.25, 0.3) is 0 Å². The minimum atomic E-state index is 0.417. The summed E-state index contributed by atoms with van der Waals surface area (Å²) in [6.07, 6.45) is 4.04. The summed E-state index contributed by atoms with van der Waals surface area (Å²) in [4.78, 5) is 2.52. The molecule has 1 aromatic rings. The Morgan fingerprint density at radius 3 is 2.44 bits per heavy atom. The van der Waals surface area contributed by atoms with Gasteiger partial charge in [-0.3, -0.25) is 4.90 Å². The number of nitrogens with zero attached hydrogens (tertiary/aromatic N) is 1. The highest BCUT2D eigenvalue weighted by Crippen LogP contribution is 2.23. The Labute approximate surface area is 97.9 Å². The van der Waals surface area contributed by atoms with Gasteiger partial charge in [-0.05, 0) is 62.5 Å². The van der Waals surface area contributed by atoms with E-state index in [1.54, 1.807) is 0 Å². The van der Waals surface area contributed by atoms with Crippen LogP contribution in [0.15, 0.2) is 12.1 Å². The predicted molar refractivity (Wildman–Crippen MR) is 66.7 cm³/mol. The van der Waals surface area contributed by atoms with Crippen molar-refractivity contribution in [3.05, 3.63) is 28.8 Å². The minimum absolute atomic E-state index is 0.417. The summed E-state index contributed by atoms with van der Waals surface area (Å²) >= 11 is 0. The molecule has 0 spiro atoms. The maximum Gasteiger partial charge on any atom is 0.118 e. The molecule has 2 heteroatoms. The Morgan fingerprint density at radius 1 is 1.06 bits per heavy atom. The molecule has 0 radical (unpaired) electrons. The van der Waals surface area contributed by atoms with Gasteiger partial charge in [0, 0.05) is 6.54 Å². The van der Waals surface area contributed by atoms with Gasteiger partial charge < -0.3 is 5.11 Å². The molecule has 0 bridgehead atoms. The van der Waals surface area contributed by atoms with Crippen LogP contribution in [0.5, 0.6) is 5.75 Å². The van der Waals surface area contributed by atoms with E-state index in [-0.39, 0.29) is 0 Å². The van der Waals surface area contributed by atoms with E-state index in [1.807, 2.05) is 13.0 Å². The zero-order valence-corrected chi connectivity index (χ0v) is 10.3. The van der Waals surface area contributed by atoms with E-state index in [0.29, 0.717) is 5.75 Å². The average Bonchev–Trinajstić information content (AvgIpc) is 2.27. The first-order chi connectivity index (χ1) is 7.66. The summed E-state index contributed by atoms with van der Waals surface area (Å²) < 4.78 is 0. The number of aromatic hydroxyl groups is 1. The fourth-order valence-corrected chi connectivity index (χ4v) is 2.39. The first-order valence-corrected chi connectivity index (χ1v) is 6.18. The highest BCUT2D eigenvalue weighted by molar-refractivity contribution is 5.40. The van der Waals surface area contributed by atoms with Crippen LogP contribution in [-0.4, -0.2) is 23.1 Å². The second kappa shape index (κ2) is 4.88. The monoisotopic (exact) mass is 219 g/mol. The van der Waals surface area contributed by atoms with Gasteiger partial charge in [0.2, 0.25) is 0 Å². The molecule has 1 aromatic carbocycles. The van der Waals surface area contributed by atoms with Crippen molar-refractivity contribution in [2.45, 2.75) is 39.7 Å². The standard InChI is InChI=1S/C14H21NO/c1-11-9-14(16)12(2)8-13(11)10-15-6-4-3-5-7-15/h8-9,16H,3-7,10H2,1-2H3. The summed E-state index contributed by atoms with van der Waals surface area (Å²) in [6.45, 7) is 7.53. The first-order valence-electron chi connectivity index (χ1n) is 6.18. The Morgan fingerprint density at radius 2 is 1.75 bits per heavy atom. The Kier molecular flexibility index (Phi) is 3.49. The van der Waals surface area contributed by atoms with Gasteiger partial charge in [-0.15, -0.1) is 0 Å². The second-order valence-electron chi connectivity index (χ2n) is 4.90. The maximum atomic E-state index is 9.62. The molecule has 1 fully saturated rings. The average molecular weight is 219 g/mol. The highest BCUT2D eigenvalue weighted by Gasteiger charge is 2.12. The topological polar surface area (TPSA) is 23.5 Å². The van der Waals surface area contributed by atoms with Crippen molar-refractivity contribution in [1.82, 2.24) is 4.90 Å². The van der Waals surface area contributed by atoms with Crippen LogP contribution in [0.2, 0.25) is 0 Å². The minimum Gasteiger partial charge on any atom is -0.508 e. The summed E-state index contributed by atoms with van der Waals surface area (Å²) in [5.41, 5.74) is 3.54. The number of aryl methyl sites for hydroxylation is 2. The molecule has 16 heavy (non-hydrogen) atoms. The zero-order valence-electron chi connectivity index (χ0n) is 10.3. The molecule has 1 N–H and O–H groups in total. The molecule has 0 aromatic heterocycles. The lowest BCUT2D eigenvalue weighted by atomic mass is 10.0. The first kappa shape index (κ1) is 11.5. The van der Waals surface area contributed by atoms with Crippen molar-refractivity contribution in [2.75, 3.05) is 13.1 Å². The normalized spacial score (nSPS) is 17.6. The largest absolute Gasteiger partial charge is 0.508 e. The molecule has 1 saturated heterocycles. The Bertz CT molecular complexity index is 367. The molecule has 1 aliphatic heterocycles. The van der Waals surface area contributed by atoms with Crippen molar-refractivity contribution >= 4 is 0 Å². The molecule has 0 amide bonds.